The fraction of sp³-hybridized carbons (Fsp3) is 0.611. The van der Waals surface area contributed by atoms with Crippen molar-refractivity contribution in [2.45, 2.75) is 39.7 Å². The molecule has 0 aliphatic carbocycles. The van der Waals surface area contributed by atoms with Gasteiger partial charge in [0.2, 0.25) is 0 Å². The first-order valence-electron chi connectivity index (χ1n) is 8.12. The van der Waals surface area contributed by atoms with Crippen LogP contribution in [0, 0.1) is 5.41 Å². The van der Waals surface area contributed by atoms with Crippen LogP contribution in [0.2, 0.25) is 0 Å². The van der Waals surface area contributed by atoms with Crippen molar-refractivity contribution < 1.29 is 14.3 Å². The number of benzene rings is 1. The van der Waals surface area contributed by atoms with Crippen LogP contribution < -0.4 is 14.8 Å². The third kappa shape index (κ3) is 4.30. The van der Waals surface area contributed by atoms with Crippen LogP contribution in [0.25, 0.3) is 0 Å². The number of nitrogens with one attached hydrogen (secondary N) is 1. The van der Waals surface area contributed by atoms with Gasteiger partial charge in [-0.2, -0.15) is 0 Å². The molecule has 5 nitrogen and oxygen atoms in total. The topological polar surface area (TPSA) is 50.8 Å². The number of carbonyl (C=O) groups is 1. The SMILES string of the molecule is COc1ccc(OC)c(C2CCCN2C(=O)NCC(C)(C)C)c1. The molecule has 2 rings (SSSR count). The number of hydrogen-bond acceptors (Lipinski definition) is 3. The van der Waals surface area contributed by atoms with E-state index in [-0.39, 0.29) is 17.5 Å². The maximum Gasteiger partial charge on any atom is 0.317 e. The summed E-state index contributed by atoms with van der Waals surface area (Å²) in [7, 11) is 3.30. The lowest BCUT2D eigenvalue weighted by atomic mass is 9.97. The summed E-state index contributed by atoms with van der Waals surface area (Å²) in [5.41, 5.74) is 1.08. The molecule has 1 aliphatic rings. The molecule has 23 heavy (non-hydrogen) atoms. The Labute approximate surface area is 139 Å². The molecule has 1 saturated heterocycles. The molecule has 0 radical (unpaired) electrons. The van der Waals surface area contributed by atoms with Gasteiger partial charge in [0.05, 0.1) is 20.3 Å². The quantitative estimate of drug-likeness (QED) is 0.922. The van der Waals surface area contributed by atoms with E-state index >= 15 is 0 Å². The van der Waals surface area contributed by atoms with Crippen molar-refractivity contribution in [1.29, 1.82) is 0 Å². The van der Waals surface area contributed by atoms with Crippen molar-refractivity contribution >= 4 is 6.03 Å². The fourth-order valence-corrected chi connectivity index (χ4v) is 2.88. The minimum absolute atomic E-state index is 0.00713. The molecule has 2 amide bonds. The van der Waals surface area contributed by atoms with Gasteiger partial charge < -0.3 is 19.7 Å². The standard InChI is InChI=1S/C18H28N2O3/c1-18(2,3)12-19-17(21)20-10-6-7-15(20)14-11-13(22-4)8-9-16(14)23-5/h8-9,11,15H,6-7,10,12H2,1-5H3,(H,19,21). The van der Waals surface area contributed by atoms with Crippen molar-refractivity contribution in [3.8, 4) is 11.5 Å². The van der Waals surface area contributed by atoms with Crippen LogP contribution in [0.3, 0.4) is 0 Å². The summed E-state index contributed by atoms with van der Waals surface area (Å²) in [6, 6.07) is 5.77. The Bertz CT molecular complexity index is 552. The molecule has 128 valence electrons. The van der Waals surface area contributed by atoms with Crippen LogP contribution in [-0.4, -0.2) is 38.2 Å². The normalized spacial score (nSPS) is 18.0. The van der Waals surface area contributed by atoms with Crippen LogP contribution in [0.4, 0.5) is 4.79 Å². The van der Waals surface area contributed by atoms with E-state index in [0.717, 1.165) is 36.4 Å². The van der Waals surface area contributed by atoms with E-state index in [1.165, 1.54) is 0 Å². The predicted octanol–water partition coefficient (Wildman–Crippen LogP) is 3.60. The number of rotatable bonds is 4. The summed E-state index contributed by atoms with van der Waals surface area (Å²) in [5.74, 6) is 1.58. The molecule has 1 aromatic carbocycles. The minimum Gasteiger partial charge on any atom is -0.497 e. The average molecular weight is 320 g/mol. The van der Waals surface area contributed by atoms with E-state index in [9.17, 15) is 4.79 Å². The van der Waals surface area contributed by atoms with E-state index in [1.54, 1.807) is 14.2 Å². The van der Waals surface area contributed by atoms with Crippen molar-refractivity contribution in [2.75, 3.05) is 27.3 Å². The Kier molecular flexibility index (Phi) is 5.39. The van der Waals surface area contributed by atoms with E-state index in [2.05, 4.69) is 26.1 Å². The van der Waals surface area contributed by atoms with E-state index < -0.39 is 0 Å². The Hall–Kier alpha value is -1.91. The molecule has 0 spiro atoms. The van der Waals surface area contributed by atoms with E-state index in [0.29, 0.717) is 6.54 Å². The summed E-state index contributed by atoms with van der Waals surface area (Å²) in [4.78, 5) is 14.5. The first-order valence-corrected chi connectivity index (χ1v) is 8.12. The number of amides is 2. The average Bonchev–Trinajstić information content (AvgIpc) is 3.00. The van der Waals surface area contributed by atoms with E-state index in [1.807, 2.05) is 23.1 Å². The van der Waals surface area contributed by atoms with Crippen LogP contribution in [0.15, 0.2) is 18.2 Å². The molecule has 0 bridgehead atoms. The van der Waals surface area contributed by atoms with Gasteiger partial charge in [-0.05, 0) is 36.5 Å². The van der Waals surface area contributed by atoms with Crippen LogP contribution in [0.1, 0.15) is 45.2 Å². The van der Waals surface area contributed by atoms with Gasteiger partial charge in [-0.25, -0.2) is 4.79 Å². The number of carbonyl (C=O) groups excluding carboxylic acids is 1. The molecule has 1 aromatic rings. The zero-order valence-corrected chi connectivity index (χ0v) is 14.8. The highest BCUT2D eigenvalue weighted by molar-refractivity contribution is 5.75. The largest absolute Gasteiger partial charge is 0.497 e. The Morgan fingerprint density at radius 3 is 2.65 bits per heavy atom. The smallest absolute Gasteiger partial charge is 0.317 e. The minimum atomic E-state index is -0.00713. The number of likely N-dealkylation sites (tertiary alicyclic amines) is 1. The highest BCUT2D eigenvalue weighted by Gasteiger charge is 2.32. The van der Waals surface area contributed by atoms with Crippen molar-refractivity contribution in [2.24, 2.45) is 5.41 Å². The van der Waals surface area contributed by atoms with Gasteiger partial charge >= 0.3 is 6.03 Å². The summed E-state index contributed by atoms with van der Waals surface area (Å²) < 4.78 is 10.8. The highest BCUT2D eigenvalue weighted by atomic mass is 16.5. The summed E-state index contributed by atoms with van der Waals surface area (Å²) in [6.45, 7) is 7.75. The molecular weight excluding hydrogens is 292 g/mol. The van der Waals surface area contributed by atoms with Crippen molar-refractivity contribution in [3.05, 3.63) is 23.8 Å². The zero-order valence-electron chi connectivity index (χ0n) is 14.8. The maximum atomic E-state index is 12.6. The second-order valence-corrected chi connectivity index (χ2v) is 7.18. The molecule has 1 heterocycles. The molecular formula is C18H28N2O3. The number of hydrogen-bond donors (Lipinski definition) is 1. The molecule has 1 N–H and O–H groups in total. The number of urea groups is 1. The number of ether oxygens (including phenoxy) is 2. The molecule has 0 saturated carbocycles. The lowest BCUT2D eigenvalue weighted by molar-refractivity contribution is 0.187. The summed E-state index contributed by atoms with van der Waals surface area (Å²) in [6.07, 6.45) is 1.93. The molecule has 0 aromatic heterocycles. The lowest BCUT2D eigenvalue weighted by Crippen LogP contribution is -2.42. The summed E-state index contributed by atoms with van der Waals surface area (Å²) in [5, 5.41) is 3.05. The fourth-order valence-electron chi connectivity index (χ4n) is 2.88. The first-order chi connectivity index (χ1) is 10.9. The monoisotopic (exact) mass is 320 g/mol. The predicted molar refractivity (Wildman–Crippen MR) is 91.1 cm³/mol. The van der Waals surface area contributed by atoms with Gasteiger partial charge in [-0.15, -0.1) is 0 Å². The van der Waals surface area contributed by atoms with Gasteiger partial charge in [0.1, 0.15) is 11.5 Å². The maximum absolute atomic E-state index is 12.6. The van der Waals surface area contributed by atoms with Crippen LogP contribution >= 0.6 is 0 Å². The van der Waals surface area contributed by atoms with Gasteiger partial charge in [0, 0.05) is 18.7 Å². The number of methoxy groups -OCH3 is 2. The second kappa shape index (κ2) is 7.11. The Morgan fingerprint density at radius 2 is 2.04 bits per heavy atom. The first kappa shape index (κ1) is 17.4. The second-order valence-electron chi connectivity index (χ2n) is 7.18. The third-order valence-electron chi connectivity index (χ3n) is 4.08. The Balaban J connectivity index is 2.19. The molecule has 1 fully saturated rings. The van der Waals surface area contributed by atoms with Crippen molar-refractivity contribution in [1.82, 2.24) is 10.2 Å². The Morgan fingerprint density at radius 1 is 1.30 bits per heavy atom. The molecule has 1 unspecified atom stereocenters. The lowest BCUT2D eigenvalue weighted by Gasteiger charge is -2.28. The molecule has 1 atom stereocenters. The van der Waals surface area contributed by atoms with Gasteiger partial charge in [-0.1, -0.05) is 20.8 Å². The molecule has 1 aliphatic heterocycles. The number of nitrogens with zero attached hydrogens (tertiary/aromatic N) is 1. The third-order valence-corrected chi connectivity index (χ3v) is 4.08. The van der Waals surface area contributed by atoms with E-state index in [4.69, 9.17) is 9.47 Å². The van der Waals surface area contributed by atoms with Gasteiger partial charge in [0.15, 0.2) is 0 Å². The van der Waals surface area contributed by atoms with Crippen molar-refractivity contribution in [3.63, 3.8) is 0 Å². The molecule has 5 heteroatoms. The van der Waals surface area contributed by atoms with Crippen LogP contribution in [0.5, 0.6) is 11.5 Å². The highest BCUT2D eigenvalue weighted by Crippen LogP contribution is 2.38. The van der Waals surface area contributed by atoms with Gasteiger partial charge in [0.25, 0.3) is 0 Å². The van der Waals surface area contributed by atoms with Gasteiger partial charge in [-0.3, -0.25) is 0 Å². The summed E-state index contributed by atoms with van der Waals surface area (Å²) >= 11 is 0. The van der Waals surface area contributed by atoms with Crippen LogP contribution in [-0.2, 0) is 0 Å². The zero-order chi connectivity index (χ0) is 17.0.